The Morgan fingerprint density at radius 1 is 1.20 bits per heavy atom. The Morgan fingerprint density at radius 2 is 1.87 bits per heavy atom. The minimum atomic E-state index is -0.391. The molecule has 0 aliphatic carbocycles. The van der Waals surface area contributed by atoms with E-state index in [-0.39, 0.29) is 0 Å². The SMILES string of the molecule is CCc1ccc(C(N)c2ccc(Cl)o2)o1. The van der Waals surface area contributed by atoms with Gasteiger partial charge >= 0.3 is 0 Å². The van der Waals surface area contributed by atoms with E-state index in [0.29, 0.717) is 16.7 Å². The molecule has 1 atom stereocenters. The fraction of sp³-hybridized carbons (Fsp3) is 0.273. The minimum absolute atomic E-state index is 0.336. The Kier molecular flexibility index (Phi) is 2.84. The van der Waals surface area contributed by atoms with Crippen molar-refractivity contribution in [3.63, 3.8) is 0 Å². The molecule has 1 unspecified atom stereocenters. The third-order valence-corrected chi connectivity index (χ3v) is 2.44. The maximum absolute atomic E-state index is 5.95. The molecule has 2 heterocycles. The molecule has 3 nitrogen and oxygen atoms in total. The molecule has 80 valence electrons. The highest BCUT2D eigenvalue weighted by molar-refractivity contribution is 6.28. The van der Waals surface area contributed by atoms with Crippen LogP contribution in [-0.2, 0) is 6.42 Å². The molecule has 0 amide bonds. The van der Waals surface area contributed by atoms with E-state index in [9.17, 15) is 0 Å². The highest BCUT2D eigenvalue weighted by Crippen LogP contribution is 2.25. The molecule has 0 spiro atoms. The monoisotopic (exact) mass is 225 g/mol. The van der Waals surface area contributed by atoms with Crippen molar-refractivity contribution >= 4 is 11.6 Å². The molecule has 2 aromatic rings. The van der Waals surface area contributed by atoms with Gasteiger partial charge in [-0.05, 0) is 35.9 Å². The molecule has 4 heteroatoms. The van der Waals surface area contributed by atoms with E-state index in [1.54, 1.807) is 12.1 Å². The number of nitrogens with two attached hydrogens (primary N) is 1. The zero-order valence-electron chi connectivity index (χ0n) is 8.37. The van der Waals surface area contributed by atoms with Crippen LogP contribution in [0.15, 0.2) is 33.1 Å². The van der Waals surface area contributed by atoms with Gasteiger partial charge in [0, 0.05) is 6.42 Å². The largest absolute Gasteiger partial charge is 0.464 e. The molecule has 0 saturated carbocycles. The first-order chi connectivity index (χ1) is 7.20. The maximum Gasteiger partial charge on any atom is 0.193 e. The van der Waals surface area contributed by atoms with Crippen molar-refractivity contribution < 1.29 is 8.83 Å². The summed E-state index contributed by atoms with van der Waals surface area (Å²) in [6.07, 6.45) is 0.853. The van der Waals surface area contributed by atoms with Gasteiger partial charge < -0.3 is 14.6 Å². The summed E-state index contributed by atoms with van der Waals surface area (Å²) in [5, 5.41) is 0.336. The van der Waals surface area contributed by atoms with E-state index >= 15 is 0 Å². The van der Waals surface area contributed by atoms with Crippen LogP contribution in [0.4, 0.5) is 0 Å². The molecule has 0 aliphatic rings. The van der Waals surface area contributed by atoms with Crippen LogP contribution in [-0.4, -0.2) is 0 Å². The summed E-state index contributed by atoms with van der Waals surface area (Å²) in [7, 11) is 0. The highest BCUT2D eigenvalue weighted by Gasteiger charge is 2.16. The van der Waals surface area contributed by atoms with Gasteiger partial charge in [-0.15, -0.1) is 0 Å². The van der Waals surface area contributed by atoms with Crippen LogP contribution in [0.5, 0.6) is 0 Å². The fourth-order valence-corrected chi connectivity index (χ4v) is 1.54. The number of hydrogen-bond donors (Lipinski definition) is 1. The van der Waals surface area contributed by atoms with Gasteiger partial charge in [-0.3, -0.25) is 0 Å². The van der Waals surface area contributed by atoms with Crippen LogP contribution in [0.25, 0.3) is 0 Å². The standard InChI is InChI=1S/C11H12ClNO2/c1-2-7-3-4-8(14-7)11(13)9-5-6-10(12)15-9/h3-6,11H,2,13H2,1H3. The molecule has 15 heavy (non-hydrogen) atoms. The van der Waals surface area contributed by atoms with Crippen molar-refractivity contribution in [2.24, 2.45) is 5.73 Å². The van der Waals surface area contributed by atoms with Crippen molar-refractivity contribution in [1.29, 1.82) is 0 Å². The first-order valence-corrected chi connectivity index (χ1v) is 5.18. The highest BCUT2D eigenvalue weighted by atomic mass is 35.5. The smallest absolute Gasteiger partial charge is 0.193 e. The van der Waals surface area contributed by atoms with Crippen molar-refractivity contribution in [3.05, 3.63) is 46.8 Å². The average molecular weight is 226 g/mol. The molecule has 0 saturated heterocycles. The topological polar surface area (TPSA) is 52.3 Å². The van der Waals surface area contributed by atoms with E-state index in [0.717, 1.165) is 12.2 Å². The van der Waals surface area contributed by atoms with Crippen LogP contribution < -0.4 is 5.73 Å². The molecule has 0 aromatic carbocycles. The summed E-state index contributed by atoms with van der Waals surface area (Å²) in [6.45, 7) is 2.03. The Bertz CT molecular complexity index is 447. The first kappa shape index (κ1) is 10.3. The van der Waals surface area contributed by atoms with E-state index in [2.05, 4.69) is 0 Å². The predicted octanol–water partition coefficient (Wildman–Crippen LogP) is 3.14. The summed E-state index contributed by atoms with van der Waals surface area (Å²) in [5.74, 6) is 2.22. The quantitative estimate of drug-likeness (QED) is 0.873. The molecule has 2 N–H and O–H groups in total. The Morgan fingerprint density at radius 3 is 2.40 bits per heavy atom. The normalized spacial score (nSPS) is 13.0. The lowest BCUT2D eigenvalue weighted by Crippen LogP contribution is -2.09. The van der Waals surface area contributed by atoms with Gasteiger partial charge in [0.15, 0.2) is 5.22 Å². The number of halogens is 1. The van der Waals surface area contributed by atoms with E-state index in [4.69, 9.17) is 26.2 Å². The summed E-state index contributed by atoms with van der Waals surface area (Å²) in [4.78, 5) is 0. The Labute approximate surface area is 92.8 Å². The van der Waals surface area contributed by atoms with E-state index < -0.39 is 6.04 Å². The van der Waals surface area contributed by atoms with Crippen molar-refractivity contribution in [2.45, 2.75) is 19.4 Å². The summed E-state index contributed by atoms with van der Waals surface area (Å²) in [6, 6.07) is 6.80. The number of furan rings is 2. The molecular formula is C11H12ClNO2. The Hall–Kier alpha value is -1.19. The van der Waals surface area contributed by atoms with Crippen LogP contribution in [0.2, 0.25) is 5.22 Å². The van der Waals surface area contributed by atoms with E-state index in [1.807, 2.05) is 19.1 Å². The first-order valence-electron chi connectivity index (χ1n) is 4.80. The molecule has 2 rings (SSSR count). The van der Waals surface area contributed by atoms with Crippen molar-refractivity contribution in [3.8, 4) is 0 Å². The lowest BCUT2D eigenvalue weighted by molar-refractivity contribution is 0.415. The molecule has 0 fully saturated rings. The molecule has 0 aliphatic heterocycles. The zero-order valence-corrected chi connectivity index (χ0v) is 9.12. The lowest BCUT2D eigenvalue weighted by Gasteiger charge is -2.04. The van der Waals surface area contributed by atoms with Gasteiger partial charge in [-0.1, -0.05) is 6.92 Å². The van der Waals surface area contributed by atoms with Gasteiger partial charge in [0.2, 0.25) is 0 Å². The van der Waals surface area contributed by atoms with E-state index in [1.165, 1.54) is 0 Å². The third-order valence-electron chi connectivity index (χ3n) is 2.24. The summed E-state index contributed by atoms with van der Waals surface area (Å²) < 4.78 is 10.8. The summed E-state index contributed by atoms with van der Waals surface area (Å²) in [5.41, 5.74) is 5.95. The number of rotatable bonds is 3. The lowest BCUT2D eigenvalue weighted by atomic mass is 10.2. The van der Waals surface area contributed by atoms with Crippen molar-refractivity contribution in [1.82, 2.24) is 0 Å². The van der Waals surface area contributed by atoms with Gasteiger partial charge in [-0.2, -0.15) is 0 Å². The molecular weight excluding hydrogens is 214 g/mol. The minimum Gasteiger partial charge on any atom is -0.464 e. The molecule has 0 bridgehead atoms. The second-order valence-corrected chi connectivity index (χ2v) is 3.65. The summed E-state index contributed by atoms with van der Waals surface area (Å²) >= 11 is 5.67. The Balaban J connectivity index is 2.23. The second-order valence-electron chi connectivity index (χ2n) is 3.28. The molecule has 0 radical (unpaired) electrons. The van der Waals surface area contributed by atoms with Gasteiger partial charge in [0.1, 0.15) is 23.3 Å². The van der Waals surface area contributed by atoms with Crippen molar-refractivity contribution in [2.75, 3.05) is 0 Å². The van der Waals surface area contributed by atoms with Crippen LogP contribution >= 0.6 is 11.6 Å². The number of hydrogen-bond acceptors (Lipinski definition) is 3. The van der Waals surface area contributed by atoms with Crippen LogP contribution in [0.3, 0.4) is 0 Å². The average Bonchev–Trinajstić information content (AvgIpc) is 2.84. The predicted molar refractivity (Wildman–Crippen MR) is 57.8 cm³/mol. The zero-order chi connectivity index (χ0) is 10.8. The number of aryl methyl sites for hydroxylation is 1. The fourth-order valence-electron chi connectivity index (χ4n) is 1.39. The second kappa shape index (κ2) is 4.13. The molecule has 2 aromatic heterocycles. The van der Waals surface area contributed by atoms with Gasteiger partial charge in [-0.25, -0.2) is 0 Å². The van der Waals surface area contributed by atoms with Crippen LogP contribution in [0, 0.1) is 0 Å². The van der Waals surface area contributed by atoms with Gasteiger partial charge in [0.05, 0.1) is 0 Å². The maximum atomic E-state index is 5.95. The van der Waals surface area contributed by atoms with Gasteiger partial charge in [0.25, 0.3) is 0 Å². The third kappa shape index (κ3) is 2.08. The van der Waals surface area contributed by atoms with Crippen LogP contribution in [0.1, 0.15) is 30.2 Å².